The van der Waals surface area contributed by atoms with Crippen LogP contribution in [0.3, 0.4) is 0 Å². The molecule has 0 bridgehead atoms. The fourth-order valence-electron chi connectivity index (χ4n) is 3.70. The maximum absolute atomic E-state index is 13.2. The zero-order chi connectivity index (χ0) is 19.6. The molecule has 1 aromatic rings. The normalized spacial score (nSPS) is 24.1. The van der Waals surface area contributed by atoms with E-state index in [0.29, 0.717) is 12.1 Å². The van der Waals surface area contributed by atoms with E-state index in [4.69, 9.17) is 0 Å². The molecule has 7 nitrogen and oxygen atoms in total. The van der Waals surface area contributed by atoms with Gasteiger partial charge in [-0.15, -0.1) is 12.4 Å². The highest BCUT2D eigenvalue weighted by atomic mass is 35.5. The number of nitrogens with one attached hydrogen (secondary N) is 2. The molecular formula is C19H26ClFN4O3. The summed E-state index contributed by atoms with van der Waals surface area (Å²) in [6.45, 7) is 5.42. The van der Waals surface area contributed by atoms with Crippen molar-refractivity contribution in [2.45, 2.75) is 38.3 Å². The smallest absolute Gasteiger partial charge is 0.325 e. The van der Waals surface area contributed by atoms with Crippen LogP contribution < -0.4 is 10.6 Å². The first-order chi connectivity index (χ1) is 12.9. The summed E-state index contributed by atoms with van der Waals surface area (Å²) in [5.41, 5.74) is -0.835. The van der Waals surface area contributed by atoms with Crippen LogP contribution in [0.1, 0.15) is 32.3 Å². The zero-order valence-electron chi connectivity index (χ0n) is 16.0. The van der Waals surface area contributed by atoms with Crippen LogP contribution >= 0.6 is 12.4 Å². The monoisotopic (exact) mass is 412 g/mol. The Hall–Kier alpha value is -2.19. The van der Waals surface area contributed by atoms with E-state index in [9.17, 15) is 18.8 Å². The summed E-state index contributed by atoms with van der Waals surface area (Å²) in [5, 5.41) is 5.88. The Kier molecular flexibility index (Phi) is 7.01. The minimum Gasteiger partial charge on any atom is -0.337 e. The molecule has 2 fully saturated rings. The molecule has 154 valence electrons. The summed E-state index contributed by atoms with van der Waals surface area (Å²) in [7, 11) is 0. The number of benzene rings is 1. The van der Waals surface area contributed by atoms with Crippen LogP contribution in [0.2, 0.25) is 0 Å². The molecule has 28 heavy (non-hydrogen) atoms. The van der Waals surface area contributed by atoms with Gasteiger partial charge in [-0.2, -0.15) is 0 Å². The van der Waals surface area contributed by atoms with Crippen LogP contribution in [0.5, 0.6) is 0 Å². The maximum Gasteiger partial charge on any atom is 0.325 e. The summed E-state index contributed by atoms with van der Waals surface area (Å²) in [5.74, 6) is -1.17. The zero-order valence-corrected chi connectivity index (χ0v) is 16.9. The van der Waals surface area contributed by atoms with Crippen molar-refractivity contribution in [2.75, 3.05) is 26.2 Å². The Labute approximate surface area is 170 Å². The molecule has 2 heterocycles. The summed E-state index contributed by atoms with van der Waals surface area (Å²) in [6, 6.07) is 4.88. The van der Waals surface area contributed by atoms with E-state index >= 15 is 0 Å². The van der Waals surface area contributed by atoms with Gasteiger partial charge in [0, 0.05) is 19.1 Å². The number of rotatable bonds is 6. The molecule has 3 rings (SSSR count). The van der Waals surface area contributed by atoms with Crippen molar-refractivity contribution < 1.29 is 18.8 Å². The van der Waals surface area contributed by atoms with Crippen molar-refractivity contribution in [2.24, 2.45) is 0 Å². The highest BCUT2D eigenvalue weighted by molar-refractivity contribution is 6.09. The summed E-state index contributed by atoms with van der Waals surface area (Å²) in [4.78, 5) is 40.9. The van der Waals surface area contributed by atoms with Gasteiger partial charge in [0.05, 0.1) is 0 Å². The van der Waals surface area contributed by atoms with E-state index < -0.39 is 23.3 Å². The minimum atomic E-state index is -1.31. The Balaban J connectivity index is 0.00000280. The number of nitrogens with zero attached hydrogens (tertiary/aromatic N) is 2. The van der Waals surface area contributed by atoms with Crippen LogP contribution in [-0.4, -0.2) is 59.9 Å². The third-order valence-electron chi connectivity index (χ3n) is 5.25. The molecule has 2 aliphatic rings. The first kappa shape index (κ1) is 22.1. The van der Waals surface area contributed by atoms with E-state index in [1.807, 2.05) is 6.92 Å². The molecule has 0 aliphatic carbocycles. The molecular weight excluding hydrogens is 387 g/mol. The van der Waals surface area contributed by atoms with Gasteiger partial charge >= 0.3 is 6.03 Å². The fourth-order valence-corrected chi connectivity index (χ4v) is 3.70. The standard InChI is InChI=1S/C19H25FN4O3.ClH/c1-3-10-23(15-8-9-21-11-15)16(25)12-24-17(26)19(2,22-18(24)27)13-4-6-14(20)7-5-13;/h4-7,15,21H,3,8-12H2,1-2H3,(H,22,27);1H. The van der Waals surface area contributed by atoms with Gasteiger partial charge in [0.1, 0.15) is 17.9 Å². The molecule has 0 radical (unpaired) electrons. The SMILES string of the molecule is CCCN(C(=O)CN1C(=O)NC(C)(c2ccc(F)cc2)C1=O)C1CCNC1.Cl. The van der Waals surface area contributed by atoms with Gasteiger partial charge in [0.2, 0.25) is 5.91 Å². The molecule has 4 amide bonds. The molecule has 9 heteroatoms. The van der Waals surface area contributed by atoms with Gasteiger partial charge in [-0.1, -0.05) is 19.1 Å². The van der Waals surface area contributed by atoms with Crippen molar-refractivity contribution in [3.8, 4) is 0 Å². The van der Waals surface area contributed by atoms with Crippen molar-refractivity contribution in [3.05, 3.63) is 35.6 Å². The van der Waals surface area contributed by atoms with E-state index in [1.165, 1.54) is 24.3 Å². The van der Waals surface area contributed by atoms with Gasteiger partial charge in [0.25, 0.3) is 5.91 Å². The molecule has 0 saturated carbocycles. The number of urea groups is 1. The summed E-state index contributed by atoms with van der Waals surface area (Å²) < 4.78 is 13.2. The number of hydrogen-bond acceptors (Lipinski definition) is 4. The third-order valence-corrected chi connectivity index (χ3v) is 5.25. The third kappa shape index (κ3) is 4.12. The topological polar surface area (TPSA) is 81.8 Å². The molecule has 2 atom stereocenters. The van der Waals surface area contributed by atoms with Crippen molar-refractivity contribution in [1.82, 2.24) is 20.4 Å². The highest BCUT2D eigenvalue weighted by Crippen LogP contribution is 2.29. The van der Waals surface area contributed by atoms with E-state index in [1.54, 1.807) is 11.8 Å². The molecule has 2 aliphatic heterocycles. The molecule has 1 aromatic carbocycles. The van der Waals surface area contributed by atoms with Gasteiger partial charge in [-0.05, 0) is 44.0 Å². The second-order valence-electron chi connectivity index (χ2n) is 7.19. The van der Waals surface area contributed by atoms with Gasteiger partial charge in [-0.25, -0.2) is 9.18 Å². The average Bonchev–Trinajstić information content (AvgIpc) is 3.24. The number of carbonyl (C=O) groups is 3. The first-order valence-electron chi connectivity index (χ1n) is 9.27. The van der Waals surface area contributed by atoms with Crippen LogP contribution in [0.4, 0.5) is 9.18 Å². The maximum atomic E-state index is 13.2. The molecule has 2 saturated heterocycles. The predicted octanol–water partition coefficient (Wildman–Crippen LogP) is 1.62. The summed E-state index contributed by atoms with van der Waals surface area (Å²) in [6.07, 6.45) is 1.66. The molecule has 0 spiro atoms. The molecule has 2 N–H and O–H groups in total. The van der Waals surface area contributed by atoms with Crippen LogP contribution in [0.25, 0.3) is 0 Å². The largest absolute Gasteiger partial charge is 0.337 e. The highest BCUT2D eigenvalue weighted by Gasteiger charge is 2.49. The van der Waals surface area contributed by atoms with Crippen molar-refractivity contribution in [1.29, 1.82) is 0 Å². The predicted molar refractivity (Wildman–Crippen MR) is 105 cm³/mol. The van der Waals surface area contributed by atoms with Crippen LogP contribution in [0.15, 0.2) is 24.3 Å². The van der Waals surface area contributed by atoms with Gasteiger partial charge in [0.15, 0.2) is 0 Å². The van der Waals surface area contributed by atoms with Crippen molar-refractivity contribution in [3.63, 3.8) is 0 Å². The summed E-state index contributed by atoms with van der Waals surface area (Å²) >= 11 is 0. The number of amides is 4. The van der Waals surface area contributed by atoms with Crippen LogP contribution in [-0.2, 0) is 15.1 Å². The Bertz CT molecular complexity index is 739. The van der Waals surface area contributed by atoms with Gasteiger partial charge in [-0.3, -0.25) is 14.5 Å². The lowest BCUT2D eigenvalue weighted by Gasteiger charge is -2.29. The van der Waals surface area contributed by atoms with Gasteiger partial charge < -0.3 is 15.5 Å². The quantitative estimate of drug-likeness (QED) is 0.695. The lowest BCUT2D eigenvalue weighted by molar-refractivity contribution is -0.140. The average molecular weight is 413 g/mol. The first-order valence-corrected chi connectivity index (χ1v) is 9.27. The number of carbonyl (C=O) groups excluding carboxylic acids is 3. The Morgan fingerprint density at radius 2 is 2.00 bits per heavy atom. The number of halogens is 2. The lowest BCUT2D eigenvalue weighted by atomic mass is 9.92. The second-order valence-corrected chi connectivity index (χ2v) is 7.19. The van der Waals surface area contributed by atoms with E-state index in [2.05, 4.69) is 10.6 Å². The number of hydrogen-bond donors (Lipinski definition) is 2. The lowest BCUT2D eigenvalue weighted by Crippen LogP contribution is -2.48. The van der Waals surface area contributed by atoms with Crippen molar-refractivity contribution >= 4 is 30.3 Å². The van der Waals surface area contributed by atoms with E-state index in [-0.39, 0.29) is 30.9 Å². The molecule has 2 unspecified atom stereocenters. The fraction of sp³-hybridized carbons (Fsp3) is 0.526. The molecule has 0 aromatic heterocycles. The minimum absolute atomic E-state index is 0. The van der Waals surface area contributed by atoms with E-state index in [0.717, 1.165) is 30.8 Å². The Morgan fingerprint density at radius 1 is 1.32 bits per heavy atom. The number of imide groups is 1. The van der Waals surface area contributed by atoms with Crippen LogP contribution in [0, 0.1) is 5.82 Å². The second kappa shape index (κ2) is 8.87. The Morgan fingerprint density at radius 3 is 2.57 bits per heavy atom.